The molecule has 0 fully saturated rings. The molecule has 0 unspecified atom stereocenters. The summed E-state index contributed by atoms with van der Waals surface area (Å²) in [6.45, 7) is 5.02. The van der Waals surface area contributed by atoms with Crippen molar-refractivity contribution in [2.75, 3.05) is 6.61 Å². The molecule has 0 aliphatic rings. The van der Waals surface area contributed by atoms with Gasteiger partial charge >= 0.3 is 0 Å². The molecule has 0 aromatic heterocycles. The van der Waals surface area contributed by atoms with Crippen LogP contribution < -0.4 is 0 Å². The minimum atomic E-state index is 0.0558. The standard InChI is InChI=1S/C4H11OSi/c1-3-5-4-6-2/h4H,3,6H2,1-2H3. The van der Waals surface area contributed by atoms with Crippen molar-refractivity contribution < 1.29 is 4.74 Å². The molecule has 0 spiro atoms. The molecular weight excluding hydrogens is 92.1 g/mol. The third-order valence-electron chi connectivity index (χ3n) is 0.451. The molecule has 0 bridgehead atoms. The number of hydrogen-bond acceptors (Lipinski definition) is 1. The monoisotopic (exact) mass is 103 g/mol. The molecular formula is C4H11OSi. The Bertz CT molecular complexity index is 19.5. The molecule has 0 aromatic carbocycles. The highest BCUT2D eigenvalue weighted by Gasteiger charge is 1.75. The molecule has 0 saturated carbocycles. The van der Waals surface area contributed by atoms with Crippen molar-refractivity contribution in [1.29, 1.82) is 0 Å². The first-order valence-electron chi connectivity index (χ1n) is 2.35. The van der Waals surface area contributed by atoms with Crippen LogP contribution in [0.2, 0.25) is 6.55 Å². The Morgan fingerprint density at radius 2 is 2.50 bits per heavy atom. The van der Waals surface area contributed by atoms with Gasteiger partial charge in [0, 0.05) is 6.61 Å². The van der Waals surface area contributed by atoms with Gasteiger partial charge in [-0.05, 0) is 6.92 Å². The Balaban J connectivity index is 2.34. The maximum absolute atomic E-state index is 4.92. The van der Waals surface area contributed by atoms with Gasteiger partial charge in [0.25, 0.3) is 0 Å². The number of rotatable bonds is 3. The van der Waals surface area contributed by atoms with Crippen LogP contribution in [-0.2, 0) is 4.74 Å². The summed E-state index contributed by atoms with van der Waals surface area (Å²) in [6, 6.07) is 0. The van der Waals surface area contributed by atoms with Gasteiger partial charge < -0.3 is 4.74 Å². The Hall–Kier alpha value is 0.177. The zero-order valence-corrected chi connectivity index (χ0v) is 5.81. The molecule has 2 heteroatoms. The first-order chi connectivity index (χ1) is 2.91. The van der Waals surface area contributed by atoms with Gasteiger partial charge in [0.2, 0.25) is 0 Å². The normalized spacial score (nSPS) is 11.0. The third-order valence-corrected chi connectivity index (χ3v) is 1.02. The van der Waals surface area contributed by atoms with Gasteiger partial charge in [-0.2, -0.15) is 0 Å². The summed E-state index contributed by atoms with van der Waals surface area (Å²) in [5.74, 6) is 0. The molecule has 37 valence electrons. The summed E-state index contributed by atoms with van der Waals surface area (Å²) in [6.07, 6.45) is 1.94. The van der Waals surface area contributed by atoms with E-state index in [9.17, 15) is 0 Å². The van der Waals surface area contributed by atoms with E-state index in [4.69, 9.17) is 4.74 Å². The van der Waals surface area contributed by atoms with Gasteiger partial charge in [-0.15, -0.1) is 0 Å². The molecule has 0 aliphatic heterocycles. The van der Waals surface area contributed by atoms with Crippen LogP contribution in [0, 0.1) is 6.23 Å². The van der Waals surface area contributed by atoms with Crippen LogP contribution in [0.15, 0.2) is 0 Å². The van der Waals surface area contributed by atoms with Crippen LogP contribution in [0.3, 0.4) is 0 Å². The van der Waals surface area contributed by atoms with Crippen LogP contribution in [0.1, 0.15) is 6.92 Å². The van der Waals surface area contributed by atoms with E-state index in [0.29, 0.717) is 0 Å². The Kier molecular flexibility index (Phi) is 5.33. The Morgan fingerprint density at radius 3 is 2.67 bits per heavy atom. The molecule has 0 N–H and O–H groups in total. The van der Waals surface area contributed by atoms with Gasteiger partial charge in [0.15, 0.2) is 0 Å². The maximum Gasteiger partial charge on any atom is 0.0635 e. The lowest BCUT2D eigenvalue weighted by molar-refractivity contribution is 0.245. The van der Waals surface area contributed by atoms with Gasteiger partial charge in [-0.1, -0.05) is 6.55 Å². The first kappa shape index (κ1) is 6.18. The first-order valence-corrected chi connectivity index (χ1v) is 4.58. The van der Waals surface area contributed by atoms with Crippen molar-refractivity contribution in [1.82, 2.24) is 0 Å². The Labute approximate surface area is 41.5 Å². The average Bonchev–Trinajstić information content (AvgIpc) is 1.61. The minimum Gasteiger partial charge on any atom is -0.380 e. The lowest BCUT2D eigenvalue weighted by Gasteiger charge is -1.90. The quantitative estimate of drug-likeness (QED) is 0.370. The Morgan fingerprint density at radius 1 is 1.83 bits per heavy atom. The van der Waals surface area contributed by atoms with Crippen molar-refractivity contribution in [2.24, 2.45) is 0 Å². The number of hydrogen-bond donors (Lipinski definition) is 0. The van der Waals surface area contributed by atoms with E-state index in [1.54, 1.807) is 0 Å². The maximum atomic E-state index is 4.92. The molecule has 0 aromatic rings. The van der Waals surface area contributed by atoms with Crippen molar-refractivity contribution in [3.8, 4) is 0 Å². The molecule has 1 nitrogen and oxygen atoms in total. The van der Waals surface area contributed by atoms with Gasteiger partial charge in [-0.3, -0.25) is 0 Å². The summed E-state index contributed by atoms with van der Waals surface area (Å²) in [5.41, 5.74) is 0. The highest BCUT2D eigenvalue weighted by molar-refractivity contribution is 6.37. The summed E-state index contributed by atoms with van der Waals surface area (Å²) in [5, 5.41) is 0. The van der Waals surface area contributed by atoms with Crippen LogP contribution >= 0.6 is 0 Å². The molecule has 0 saturated heterocycles. The van der Waals surface area contributed by atoms with Gasteiger partial charge in [0.05, 0.1) is 15.7 Å². The second-order valence-electron chi connectivity index (χ2n) is 1.03. The van der Waals surface area contributed by atoms with Crippen LogP contribution in [0.4, 0.5) is 0 Å². The molecule has 0 rings (SSSR count). The van der Waals surface area contributed by atoms with Gasteiger partial charge in [-0.25, -0.2) is 0 Å². The summed E-state index contributed by atoms with van der Waals surface area (Å²) in [7, 11) is 0.0558. The highest BCUT2D eigenvalue weighted by Crippen LogP contribution is 1.74. The fraction of sp³-hybridized carbons (Fsp3) is 0.750. The summed E-state index contributed by atoms with van der Waals surface area (Å²) in [4.78, 5) is 0. The number of ether oxygens (including phenoxy) is 1. The fourth-order valence-corrected chi connectivity index (χ4v) is 0.707. The topological polar surface area (TPSA) is 9.23 Å². The van der Waals surface area contributed by atoms with Crippen molar-refractivity contribution in [3.05, 3.63) is 6.23 Å². The van der Waals surface area contributed by atoms with E-state index >= 15 is 0 Å². The largest absolute Gasteiger partial charge is 0.380 e. The van der Waals surface area contributed by atoms with Crippen LogP contribution in [0.5, 0.6) is 0 Å². The fourth-order valence-electron chi connectivity index (χ4n) is 0.236. The molecule has 0 aliphatic carbocycles. The van der Waals surface area contributed by atoms with Crippen LogP contribution in [0.25, 0.3) is 0 Å². The third kappa shape index (κ3) is 4.18. The molecule has 6 heavy (non-hydrogen) atoms. The van der Waals surface area contributed by atoms with Crippen molar-refractivity contribution in [3.63, 3.8) is 0 Å². The van der Waals surface area contributed by atoms with Crippen LogP contribution in [-0.4, -0.2) is 16.1 Å². The SMILES string of the molecule is CCO[CH][SiH2]C. The molecule has 0 heterocycles. The predicted octanol–water partition coefficient (Wildman–Crippen LogP) is 0.359. The minimum absolute atomic E-state index is 0.0558. The summed E-state index contributed by atoms with van der Waals surface area (Å²) < 4.78 is 4.92. The van der Waals surface area contributed by atoms with E-state index < -0.39 is 0 Å². The van der Waals surface area contributed by atoms with Gasteiger partial charge in [0.1, 0.15) is 0 Å². The van der Waals surface area contributed by atoms with E-state index in [2.05, 4.69) is 6.55 Å². The van der Waals surface area contributed by atoms with Crippen molar-refractivity contribution >= 4 is 9.52 Å². The zero-order chi connectivity index (χ0) is 4.83. The predicted molar refractivity (Wildman–Crippen MR) is 30.3 cm³/mol. The van der Waals surface area contributed by atoms with E-state index in [1.807, 2.05) is 13.2 Å². The summed E-state index contributed by atoms with van der Waals surface area (Å²) >= 11 is 0. The smallest absolute Gasteiger partial charge is 0.0635 e. The van der Waals surface area contributed by atoms with E-state index in [-0.39, 0.29) is 9.52 Å². The average molecular weight is 103 g/mol. The molecule has 0 amide bonds. The van der Waals surface area contributed by atoms with E-state index in [1.165, 1.54) is 0 Å². The highest BCUT2D eigenvalue weighted by atomic mass is 28.2. The second-order valence-corrected chi connectivity index (χ2v) is 2.18. The lowest BCUT2D eigenvalue weighted by atomic mass is 10.9. The second kappa shape index (κ2) is 5.18. The van der Waals surface area contributed by atoms with E-state index in [0.717, 1.165) is 6.61 Å². The molecule has 1 radical (unpaired) electrons. The zero-order valence-electron chi connectivity index (χ0n) is 4.40. The lowest BCUT2D eigenvalue weighted by Crippen LogP contribution is -1.89. The van der Waals surface area contributed by atoms with Crippen molar-refractivity contribution in [2.45, 2.75) is 13.5 Å². The molecule has 0 atom stereocenters.